The summed E-state index contributed by atoms with van der Waals surface area (Å²) in [7, 11) is 0. The van der Waals surface area contributed by atoms with Gasteiger partial charge in [-0.1, -0.05) is 18.5 Å². The molecule has 0 atom stereocenters. The summed E-state index contributed by atoms with van der Waals surface area (Å²) in [5.74, 6) is -0.338. The largest absolute Gasteiger partial charge is 0.318 e. The molecular weight excluding hydrogens is 418 g/mol. The van der Waals surface area contributed by atoms with Gasteiger partial charge in [0.1, 0.15) is 5.04 Å². The Morgan fingerprint density at radius 3 is 2.70 bits per heavy atom. The number of thioether (sulfide) groups is 1. The lowest BCUT2D eigenvalue weighted by molar-refractivity contribution is -0.114. The Morgan fingerprint density at radius 1 is 1.23 bits per heavy atom. The van der Waals surface area contributed by atoms with E-state index in [0.29, 0.717) is 10.2 Å². The molecule has 1 aromatic heterocycles. The van der Waals surface area contributed by atoms with Crippen LogP contribution in [-0.4, -0.2) is 31.5 Å². The van der Waals surface area contributed by atoms with Crippen LogP contribution in [0.5, 0.6) is 0 Å². The molecule has 0 saturated carbocycles. The van der Waals surface area contributed by atoms with Crippen molar-refractivity contribution in [3.63, 3.8) is 0 Å². The number of nitrogens with zero attached hydrogens (tertiary/aromatic N) is 4. The van der Waals surface area contributed by atoms with E-state index in [2.05, 4.69) is 21.6 Å². The van der Waals surface area contributed by atoms with Crippen molar-refractivity contribution in [1.29, 1.82) is 5.41 Å². The standard InChI is InChI=1S/C22H22ClN5OS/c1-5-6-19-26-28-20(24)17(21(29)25-22(28)30-19)11-15-10-13(3)27(14(15)4)18-8-7-16(23)9-12(18)2/h7-11,24H,5-6H2,1-4H3/b17-11+,24-20?. The number of halogens is 1. The lowest BCUT2D eigenvalue weighted by Gasteiger charge is -2.20. The molecule has 0 radical (unpaired) electrons. The molecule has 0 spiro atoms. The maximum atomic E-state index is 12.7. The molecule has 4 rings (SSSR count). The average molecular weight is 440 g/mol. The van der Waals surface area contributed by atoms with E-state index in [1.165, 1.54) is 16.8 Å². The smallest absolute Gasteiger partial charge is 0.283 e. The molecule has 30 heavy (non-hydrogen) atoms. The van der Waals surface area contributed by atoms with E-state index in [9.17, 15) is 4.79 Å². The molecule has 2 aliphatic rings. The van der Waals surface area contributed by atoms with Crippen LogP contribution in [0.25, 0.3) is 11.8 Å². The highest BCUT2D eigenvalue weighted by atomic mass is 35.5. The summed E-state index contributed by atoms with van der Waals surface area (Å²) in [6.45, 7) is 8.11. The van der Waals surface area contributed by atoms with Gasteiger partial charge in [-0.05, 0) is 86.8 Å². The number of carbonyl (C=O) groups is 1. The summed E-state index contributed by atoms with van der Waals surface area (Å²) in [5.41, 5.74) is 5.22. The van der Waals surface area contributed by atoms with Crippen molar-refractivity contribution in [3.8, 4) is 5.69 Å². The number of hydrazone groups is 1. The third kappa shape index (κ3) is 3.52. The van der Waals surface area contributed by atoms with Crippen LogP contribution in [-0.2, 0) is 4.79 Å². The summed E-state index contributed by atoms with van der Waals surface area (Å²) in [6.07, 6.45) is 3.50. The van der Waals surface area contributed by atoms with Crippen molar-refractivity contribution < 1.29 is 4.79 Å². The molecule has 1 amide bonds. The lowest BCUT2D eigenvalue weighted by atomic mass is 10.1. The van der Waals surface area contributed by atoms with Crippen molar-refractivity contribution >= 4 is 51.4 Å². The zero-order chi connectivity index (χ0) is 21.6. The number of aromatic nitrogens is 1. The van der Waals surface area contributed by atoms with Crippen molar-refractivity contribution in [2.24, 2.45) is 10.1 Å². The van der Waals surface area contributed by atoms with Gasteiger partial charge in [0.2, 0.25) is 5.17 Å². The van der Waals surface area contributed by atoms with Crippen molar-refractivity contribution in [3.05, 3.63) is 57.4 Å². The molecule has 0 aliphatic carbocycles. The number of hydrogen-bond donors (Lipinski definition) is 1. The summed E-state index contributed by atoms with van der Waals surface area (Å²) in [5, 5.41) is 16.5. The molecule has 0 unspecified atom stereocenters. The van der Waals surface area contributed by atoms with Crippen LogP contribution >= 0.6 is 23.4 Å². The van der Waals surface area contributed by atoms with Crippen LogP contribution in [0.3, 0.4) is 0 Å². The number of hydrogen-bond acceptors (Lipinski definition) is 4. The van der Waals surface area contributed by atoms with Crippen LogP contribution < -0.4 is 0 Å². The van der Waals surface area contributed by atoms with Gasteiger partial charge in [0.15, 0.2) is 5.84 Å². The molecule has 0 fully saturated rings. The Kier molecular flexibility index (Phi) is 5.42. The van der Waals surface area contributed by atoms with Crippen LogP contribution in [0.1, 0.15) is 42.3 Å². The van der Waals surface area contributed by atoms with Crippen LogP contribution in [0.2, 0.25) is 5.02 Å². The van der Waals surface area contributed by atoms with Gasteiger partial charge >= 0.3 is 0 Å². The van der Waals surface area contributed by atoms with Crippen LogP contribution in [0, 0.1) is 26.2 Å². The van der Waals surface area contributed by atoms with Crippen molar-refractivity contribution in [2.75, 3.05) is 0 Å². The SMILES string of the molecule is CCCC1=NN2C(=N)/C(=C\c3cc(C)n(-c4ccc(Cl)cc4C)c3C)C(=O)N=C2S1. The first-order valence-corrected chi connectivity index (χ1v) is 10.9. The third-order valence-corrected chi connectivity index (χ3v) is 6.33. The molecule has 3 heterocycles. The number of aliphatic imine (C=N–C) groups is 1. The van der Waals surface area contributed by atoms with E-state index < -0.39 is 5.91 Å². The highest BCUT2D eigenvalue weighted by molar-refractivity contribution is 8.26. The Bertz CT molecular complexity index is 1170. The first kappa shape index (κ1) is 20.6. The number of amides is 1. The van der Waals surface area contributed by atoms with Gasteiger partial charge in [0.05, 0.1) is 5.57 Å². The second-order valence-electron chi connectivity index (χ2n) is 7.36. The maximum absolute atomic E-state index is 12.7. The van der Waals surface area contributed by atoms with Gasteiger partial charge in [-0.2, -0.15) is 15.1 Å². The minimum absolute atomic E-state index is 0.0658. The van der Waals surface area contributed by atoms with Gasteiger partial charge in [-0.25, -0.2) is 0 Å². The maximum Gasteiger partial charge on any atom is 0.283 e. The van der Waals surface area contributed by atoms with Crippen molar-refractivity contribution in [1.82, 2.24) is 9.58 Å². The monoisotopic (exact) mass is 439 g/mol. The normalized spacial score (nSPS) is 17.5. The number of aryl methyl sites for hydroxylation is 2. The summed E-state index contributed by atoms with van der Waals surface area (Å²) >= 11 is 7.48. The number of amidine groups is 2. The predicted molar refractivity (Wildman–Crippen MR) is 125 cm³/mol. The lowest BCUT2D eigenvalue weighted by Crippen LogP contribution is -2.35. The predicted octanol–water partition coefficient (Wildman–Crippen LogP) is 5.48. The fraction of sp³-hybridized carbons (Fsp3) is 0.273. The minimum atomic E-state index is -0.404. The minimum Gasteiger partial charge on any atom is -0.318 e. The molecule has 8 heteroatoms. The van der Waals surface area contributed by atoms with E-state index in [1.807, 2.05) is 45.0 Å². The fourth-order valence-electron chi connectivity index (χ4n) is 3.68. The number of fused-ring (bicyclic) bond motifs is 1. The van der Waals surface area contributed by atoms with Gasteiger partial charge in [0.25, 0.3) is 5.91 Å². The second kappa shape index (κ2) is 7.89. The molecule has 1 N–H and O–H groups in total. The average Bonchev–Trinajstić information content (AvgIpc) is 3.20. The van der Waals surface area contributed by atoms with E-state index in [1.54, 1.807) is 6.08 Å². The van der Waals surface area contributed by atoms with Gasteiger partial charge in [0, 0.05) is 22.1 Å². The Hall–Kier alpha value is -2.64. The molecule has 6 nitrogen and oxygen atoms in total. The first-order valence-electron chi connectivity index (χ1n) is 9.74. The van der Waals surface area contributed by atoms with E-state index in [4.69, 9.17) is 17.0 Å². The van der Waals surface area contributed by atoms with Gasteiger partial charge < -0.3 is 4.57 Å². The van der Waals surface area contributed by atoms with E-state index in [-0.39, 0.29) is 11.4 Å². The molecule has 1 aromatic carbocycles. The van der Waals surface area contributed by atoms with Crippen LogP contribution in [0.15, 0.2) is 39.9 Å². The third-order valence-electron chi connectivity index (χ3n) is 5.13. The molecule has 154 valence electrons. The summed E-state index contributed by atoms with van der Waals surface area (Å²) in [4.78, 5) is 16.8. The highest BCUT2D eigenvalue weighted by Crippen LogP contribution is 2.31. The Balaban J connectivity index is 1.74. The first-order chi connectivity index (χ1) is 14.3. The molecule has 0 saturated heterocycles. The van der Waals surface area contributed by atoms with Gasteiger partial charge in [-0.15, -0.1) is 0 Å². The van der Waals surface area contributed by atoms with Crippen molar-refractivity contribution in [2.45, 2.75) is 40.5 Å². The quantitative estimate of drug-likeness (QED) is 0.641. The number of benzene rings is 1. The molecule has 0 bridgehead atoms. The second-order valence-corrected chi connectivity index (χ2v) is 8.83. The van der Waals surface area contributed by atoms with Gasteiger partial charge in [-0.3, -0.25) is 10.2 Å². The summed E-state index contributed by atoms with van der Waals surface area (Å²) in [6, 6.07) is 7.81. The topological polar surface area (TPSA) is 73.8 Å². The number of carbonyl (C=O) groups excluding carboxylic acids is 1. The van der Waals surface area contributed by atoms with Crippen LogP contribution in [0.4, 0.5) is 0 Å². The Morgan fingerprint density at radius 2 is 2.00 bits per heavy atom. The molecule has 2 aliphatic heterocycles. The molecular formula is C22H22ClN5OS. The zero-order valence-electron chi connectivity index (χ0n) is 17.3. The number of rotatable bonds is 4. The Labute approximate surface area is 184 Å². The van der Waals surface area contributed by atoms with E-state index in [0.717, 1.165) is 46.1 Å². The zero-order valence-corrected chi connectivity index (χ0v) is 18.9. The summed E-state index contributed by atoms with van der Waals surface area (Å²) < 4.78 is 2.13. The highest BCUT2D eigenvalue weighted by Gasteiger charge is 2.35. The fourth-order valence-corrected chi connectivity index (χ4v) is 4.89. The number of nitrogens with one attached hydrogen (secondary N) is 1. The van der Waals surface area contributed by atoms with E-state index >= 15 is 0 Å². The molecule has 2 aromatic rings.